The third-order valence-electron chi connectivity index (χ3n) is 7.32. The molecule has 92 valence electrons. The van der Waals surface area contributed by atoms with Crippen molar-refractivity contribution in [2.75, 3.05) is 0 Å². The van der Waals surface area contributed by atoms with Gasteiger partial charge in [0.1, 0.15) is 6.04 Å². The summed E-state index contributed by atoms with van der Waals surface area (Å²) in [4.78, 5) is 4.67. The molecule has 0 N–H and O–H groups in total. The van der Waals surface area contributed by atoms with E-state index in [1.165, 1.54) is 0 Å². The summed E-state index contributed by atoms with van der Waals surface area (Å²) in [5.41, 5.74) is 1.47. The molecule has 1 aromatic carbocycles. The first kappa shape index (κ1) is 9.31. The van der Waals surface area contributed by atoms with Crippen molar-refractivity contribution in [3.8, 4) is 6.07 Å². The summed E-state index contributed by atoms with van der Waals surface area (Å²) in [6.45, 7) is 0. The molecule has 7 rings (SSSR count). The van der Waals surface area contributed by atoms with Crippen LogP contribution < -0.4 is 0 Å². The number of benzene rings is 1. The van der Waals surface area contributed by atoms with Crippen LogP contribution in [0.25, 0.3) is 0 Å². The summed E-state index contributed by atoms with van der Waals surface area (Å²) < 4.78 is 0. The molecule has 6 fully saturated rings. The minimum Gasteiger partial charge on any atom is -0.273 e. The van der Waals surface area contributed by atoms with E-state index in [9.17, 15) is 5.26 Å². The van der Waals surface area contributed by atoms with E-state index in [0.29, 0.717) is 5.41 Å². The summed E-state index contributed by atoms with van der Waals surface area (Å²) in [6, 6.07) is 12.6. The average molecular weight is 246 g/mol. The SMILES string of the molecule is N#C[C@H](N=Cc1ccccc1)C12C3C4C5C3C1C5C42. The molecular formula is C17H14N2. The zero-order chi connectivity index (χ0) is 12.4. The third kappa shape index (κ3) is 0.629. The number of nitrogens with zero attached hydrogens (tertiary/aromatic N) is 2. The van der Waals surface area contributed by atoms with Crippen LogP contribution in [0.5, 0.6) is 0 Å². The quantitative estimate of drug-likeness (QED) is 0.754. The van der Waals surface area contributed by atoms with Gasteiger partial charge in [-0.15, -0.1) is 0 Å². The second-order valence-corrected chi connectivity index (χ2v) is 7.11. The molecule has 6 aliphatic rings. The van der Waals surface area contributed by atoms with Crippen LogP contribution in [0.15, 0.2) is 35.3 Å². The second kappa shape index (κ2) is 2.50. The number of hydrogen-bond acceptors (Lipinski definition) is 2. The van der Waals surface area contributed by atoms with Crippen molar-refractivity contribution in [3.05, 3.63) is 35.9 Å². The van der Waals surface area contributed by atoms with Crippen molar-refractivity contribution >= 4 is 6.21 Å². The van der Waals surface area contributed by atoms with Gasteiger partial charge in [-0.25, -0.2) is 0 Å². The van der Waals surface area contributed by atoms with Gasteiger partial charge in [0.25, 0.3) is 0 Å². The van der Waals surface area contributed by atoms with E-state index in [-0.39, 0.29) is 6.04 Å². The van der Waals surface area contributed by atoms with Gasteiger partial charge in [-0.3, -0.25) is 4.99 Å². The summed E-state index contributed by atoms with van der Waals surface area (Å²) in [5.74, 6) is 6.90. The Morgan fingerprint density at radius 2 is 1.68 bits per heavy atom. The molecule has 0 aromatic heterocycles. The van der Waals surface area contributed by atoms with Crippen LogP contribution in [0.4, 0.5) is 0 Å². The predicted octanol–water partition coefficient (Wildman–Crippen LogP) is 2.37. The third-order valence-corrected chi connectivity index (χ3v) is 7.32. The molecule has 6 aliphatic carbocycles. The monoisotopic (exact) mass is 246 g/mol. The molecule has 0 saturated heterocycles. The fourth-order valence-electron chi connectivity index (χ4n) is 7.04. The van der Waals surface area contributed by atoms with Crippen LogP contribution in [-0.4, -0.2) is 12.3 Å². The maximum absolute atomic E-state index is 9.54. The van der Waals surface area contributed by atoms with Gasteiger partial charge in [-0.2, -0.15) is 5.26 Å². The van der Waals surface area contributed by atoms with Crippen molar-refractivity contribution < 1.29 is 0 Å². The van der Waals surface area contributed by atoms with Gasteiger partial charge in [-0.05, 0) is 47.0 Å². The van der Waals surface area contributed by atoms with E-state index in [2.05, 4.69) is 23.2 Å². The molecule has 1 atom stereocenters. The molecule has 0 heterocycles. The highest BCUT2D eigenvalue weighted by Gasteiger charge is 3.05. The molecule has 0 bridgehead atoms. The van der Waals surface area contributed by atoms with Crippen molar-refractivity contribution in [1.82, 2.24) is 0 Å². The Morgan fingerprint density at radius 1 is 1.05 bits per heavy atom. The lowest BCUT2D eigenvalue weighted by molar-refractivity contribution is -0.615. The molecule has 2 nitrogen and oxygen atoms in total. The number of hydrogen-bond donors (Lipinski definition) is 0. The van der Waals surface area contributed by atoms with Gasteiger partial charge in [0, 0.05) is 11.6 Å². The topological polar surface area (TPSA) is 36.1 Å². The van der Waals surface area contributed by atoms with Gasteiger partial charge in [0.05, 0.1) is 6.07 Å². The molecule has 19 heavy (non-hydrogen) atoms. The highest BCUT2D eigenvalue weighted by molar-refractivity contribution is 5.80. The molecule has 2 heteroatoms. The van der Waals surface area contributed by atoms with Crippen LogP contribution in [0, 0.1) is 58.2 Å². The first-order valence-electron chi connectivity index (χ1n) is 7.38. The normalized spacial score (nSPS) is 57.7. The Kier molecular flexibility index (Phi) is 1.22. The maximum atomic E-state index is 9.54. The van der Waals surface area contributed by atoms with Crippen LogP contribution >= 0.6 is 0 Å². The first-order valence-corrected chi connectivity index (χ1v) is 7.38. The van der Waals surface area contributed by atoms with Crippen LogP contribution in [0.3, 0.4) is 0 Å². The lowest BCUT2D eigenvalue weighted by Gasteiger charge is -3.08. The smallest absolute Gasteiger partial charge is 0.143 e. The van der Waals surface area contributed by atoms with Gasteiger partial charge in [-0.1, -0.05) is 30.3 Å². The minimum absolute atomic E-state index is 0.0716. The van der Waals surface area contributed by atoms with E-state index < -0.39 is 0 Å². The Bertz CT molecular complexity index is 617. The fourth-order valence-corrected chi connectivity index (χ4v) is 7.04. The zero-order valence-corrected chi connectivity index (χ0v) is 10.5. The highest BCUT2D eigenvalue weighted by atomic mass is 15.1. The molecule has 0 spiro atoms. The second-order valence-electron chi connectivity index (χ2n) is 7.11. The van der Waals surface area contributed by atoms with Gasteiger partial charge >= 0.3 is 0 Å². The van der Waals surface area contributed by atoms with Crippen molar-refractivity contribution in [2.45, 2.75) is 6.04 Å². The molecule has 1 aromatic rings. The molecule has 0 unspecified atom stereocenters. The molecule has 0 amide bonds. The van der Waals surface area contributed by atoms with Gasteiger partial charge in [0.2, 0.25) is 0 Å². The van der Waals surface area contributed by atoms with Crippen molar-refractivity contribution in [2.24, 2.45) is 51.8 Å². The Labute approximate surface area is 112 Å². The Balaban J connectivity index is 1.33. The van der Waals surface area contributed by atoms with E-state index in [4.69, 9.17) is 0 Å². The Hall–Kier alpha value is -1.62. The van der Waals surface area contributed by atoms with E-state index in [1.807, 2.05) is 24.4 Å². The maximum Gasteiger partial charge on any atom is 0.143 e. The molecular weight excluding hydrogens is 232 g/mol. The van der Waals surface area contributed by atoms with E-state index in [1.54, 1.807) is 0 Å². The van der Waals surface area contributed by atoms with E-state index in [0.717, 1.165) is 47.0 Å². The lowest BCUT2D eigenvalue weighted by Crippen LogP contribution is -3.06. The van der Waals surface area contributed by atoms with Crippen LogP contribution in [-0.2, 0) is 0 Å². The first-order chi connectivity index (χ1) is 9.40. The Morgan fingerprint density at radius 3 is 2.26 bits per heavy atom. The highest BCUT2D eigenvalue weighted by Crippen LogP contribution is 3.06. The number of aliphatic imine (C=N–C) groups is 1. The molecule has 6 saturated carbocycles. The van der Waals surface area contributed by atoms with Gasteiger partial charge in [0.15, 0.2) is 0 Å². The fraction of sp³-hybridized carbons (Fsp3) is 0.529. The largest absolute Gasteiger partial charge is 0.273 e. The van der Waals surface area contributed by atoms with E-state index >= 15 is 0 Å². The average Bonchev–Trinajstić information content (AvgIpc) is 2.49. The van der Waals surface area contributed by atoms with Crippen molar-refractivity contribution in [1.29, 1.82) is 5.26 Å². The predicted molar refractivity (Wildman–Crippen MR) is 70.3 cm³/mol. The van der Waals surface area contributed by atoms with Gasteiger partial charge < -0.3 is 0 Å². The zero-order valence-electron chi connectivity index (χ0n) is 10.5. The molecule has 0 radical (unpaired) electrons. The summed E-state index contributed by atoms with van der Waals surface area (Å²) >= 11 is 0. The number of nitriles is 1. The van der Waals surface area contributed by atoms with Crippen LogP contribution in [0.1, 0.15) is 5.56 Å². The lowest BCUT2D eigenvalue weighted by atomic mass is 8.96. The summed E-state index contributed by atoms with van der Waals surface area (Å²) in [7, 11) is 0. The summed E-state index contributed by atoms with van der Waals surface area (Å²) in [6.07, 6.45) is 1.91. The summed E-state index contributed by atoms with van der Waals surface area (Å²) in [5, 5.41) is 9.54. The van der Waals surface area contributed by atoms with Crippen LogP contribution in [0.2, 0.25) is 0 Å². The van der Waals surface area contributed by atoms with Crippen molar-refractivity contribution in [3.63, 3.8) is 0 Å². The standard InChI is InChI=1S/C17H14N2/c18-6-9(19-7-8-4-2-1-3-5-8)17-14-11-10-12(14)16(17)13(10)15(11)17/h1-5,7,9-16H/t9-,10?,11?,12?,13?,14?,15?,16?,17?/m0/s1. The molecule has 0 aliphatic heterocycles. The number of rotatable bonds is 3. The minimum atomic E-state index is -0.0716.